The largest absolute Gasteiger partial charge is 0.497 e. The van der Waals surface area contributed by atoms with Crippen LogP contribution >= 0.6 is 0 Å². The number of carbonyl (C=O) groups excluding carboxylic acids is 1. The van der Waals surface area contributed by atoms with Gasteiger partial charge in [0.15, 0.2) is 0 Å². The first-order valence-corrected chi connectivity index (χ1v) is 4.25. The summed E-state index contributed by atoms with van der Waals surface area (Å²) in [5.41, 5.74) is 0.620. The van der Waals surface area contributed by atoms with Gasteiger partial charge in [0.05, 0.1) is 18.8 Å². The van der Waals surface area contributed by atoms with E-state index in [1.54, 1.807) is 13.8 Å². The van der Waals surface area contributed by atoms with E-state index >= 15 is 0 Å². The minimum atomic E-state index is -0.255. The van der Waals surface area contributed by atoms with Gasteiger partial charge in [-0.05, 0) is 20.3 Å². The summed E-state index contributed by atoms with van der Waals surface area (Å²) in [6.07, 6.45) is 1.87. The Balaban J connectivity index is 2.60. The number of allylic oxidation sites excluding steroid dienone is 1. The van der Waals surface area contributed by atoms with Crippen LogP contribution in [0.5, 0.6) is 0 Å². The average Bonchev–Trinajstić information content (AvgIpc) is 2.55. The predicted octanol–water partition coefficient (Wildman–Crippen LogP) is 1.63. The van der Waals surface area contributed by atoms with Crippen LogP contribution in [0.25, 0.3) is 0 Å². The lowest BCUT2D eigenvalue weighted by Crippen LogP contribution is -2.07. The van der Waals surface area contributed by atoms with E-state index in [-0.39, 0.29) is 5.97 Å². The quantitative estimate of drug-likeness (QED) is 0.466. The molecule has 0 spiro atoms. The van der Waals surface area contributed by atoms with Crippen molar-refractivity contribution in [1.29, 1.82) is 0 Å². The van der Waals surface area contributed by atoms with Gasteiger partial charge in [-0.3, -0.25) is 0 Å². The fraction of sp³-hybridized carbons (Fsp3) is 0.667. The molecule has 3 nitrogen and oxygen atoms in total. The Kier molecular flexibility index (Phi) is 3.14. The van der Waals surface area contributed by atoms with Crippen molar-refractivity contribution in [2.75, 3.05) is 13.2 Å². The minimum Gasteiger partial charge on any atom is -0.497 e. The molecule has 3 heteroatoms. The number of ether oxygens (including phenoxy) is 2. The summed E-state index contributed by atoms with van der Waals surface area (Å²) in [6, 6.07) is 0. The Hall–Kier alpha value is -0.990. The highest BCUT2D eigenvalue weighted by molar-refractivity contribution is 5.88. The van der Waals surface area contributed by atoms with Gasteiger partial charge >= 0.3 is 5.97 Å². The van der Waals surface area contributed by atoms with Crippen molar-refractivity contribution in [1.82, 2.24) is 0 Å². The number of carbonyl (C=O) groups is 1. The van der Waals surface area contributed by atoms with Crippen LogP contribution in [0.1, 0.15) is 26.7 Å². The predicted molar refractivity (Wildman–Crippen MR) is 44.5 cm³/mol. The zero-order valence-electron chi connectivity index (χ0n) is 7.55. The van der Waals surface area contributed by atoms with E-state index in [1.807, 2.05) is 0 Å². The number of esters is 1. The molecule has 0 aromatic carbocycles. The van der Waals surface area contributed by atoms with Gasteiger partial charge in [0.25, 0.3) is 0 Å². The van der Waals surface area contributed by atoms with Crippen molar-refractivity contribution in [2.45, 2.75) is 26.7 Å². The van der Waals surface area contributed by atoms with E-state index in [0.717, 1.165) is 25.2 Å². The molecule has 0 amide bonds. The summed E-state index contributed by atoms with van der Waals surface area (Å²) in [5.74, 6) is 0.544. The van der Waals surface area contributed by atoms with E-state index in [4.69, 9.17) is 9.47 Å². The first kappa shape index (κ1) is 9.10. The molecule has 68 valence electrons. The molecule has 1 aliphatic heterocycles. The summed E-state index contributed by atoms with van der Waals surface area (Å²) in [6.45, 7) is 4.69. The lowest BCUT2D eigenvalue weighted by Gasteiger charge is -2.04. The van der Waals surface area contributed by atoms with Crippen molar-refractivity contribution in [3.63, 3.8) is 0 Å². The first-order valence-electron chi connectivity index (χ1n) is 4.25. The maximum atomic E-state index is 11.2. The van der Waals surface area contributed by atoms with Crippen LogP contribution in [-0.2, 0) is 14.3 Å². The fourth-order valence-corrected chi connectivity index (χ4v) is 1.15. The lowest BCUT2D eigenvalue weighted by molar-refractivity contribution is -0.138. The second-order valence-corrected chi connectivity index (χ2v) is 2.72. The molecule has 12 heavy (non-hydrogen) atoms. The number of rotatable bonds is 2. The number of hydrogen-bond acceptors (Lipinski definition) is 3. The van der Waals surface area contributed by atoms with Gasteiger partial charge in [0.1, 0.15) is 5.76 Å². The van der Waals surface area contributed by atoms with Gasteiger partial charge in [0.2, 0.25) is 0 Å². The molecule has 0 saturated carbocycles. The standard InChI is InChI=1S/C9H14O3/c1-3-11-9(10)7(2)8-5-4-6-12-8/h3-6H2,1-2H3/b8-7+. The van der Waals surface area contributed by atoms with Crippen LogP contribution in [0, 0.1) is 0 Å². The highest BCUT2D eigenvalue weighted by atomic mass is 16.5. The SMILES string of the molecule is CCOC(=O)/C(C)=C1\CCCO1. The van der Waals surface area contributed by atoms with E-state index < -0.39 is 0 Å². The molecule has 0 aliphatic carbocycles. The molecule has 1 aliphatic rings. The molecule has 0 aromatic rings. The van der Waals surface area contributed by atoms with Gasteiger partial charge in [-0.1, -0.05) is 0 Å². The van der Waals surface area contributed by atoms with Gasteiger partial charge in [-0.2, -0.15) is 0 Å². The summed E-state index contributed by atoms with van der Waals surface area (Å²) >= 11 is 0. The molecule has 1 rings (SSSR count). The third-order valence-corrected chi connectivity index (χ3v) is 1.82. The van der Waals surface area contributed by atoms with E-state index in [9.17, 15) is 4.79 Å². The Morgan fingerprint density at radius 2 is 2.42 bits per heavy atom. The third-order valence-electron chi connectivity index (χ3n) is 1.82. The van der Waals surface area contributed by atoms with Crippen molar-refractivity contribution in [3.05, 3.63) is 11.3 Å². The van der Waals surface area contributed by atoms with Gasteiger partial charge in [-0.15, -0.1) is 0 Å². The number of hydrogen-bond donors (Lipinski definition) is 0. The molecule has 0 atom stereocenters. The van der Waals surface area contributed by atoms with Gasteiger partial charge in [0, 0.05) is 6.42 Å². The highest BCUT2D eigenvalue weighted by Gasteiger charge is 2.16. The van der Waals surface area contributed by atoms with Crippen molar-refractivity contribution in [3.8, 4) is 0 Å². The summed E-state index contributed by atoms with van der Waals surface area (Å²) < 4.78 is 10.1. The van der Waals surface area contributed by atoms with E-state index in [1.165, 1.54) is 0 Å². The second kappa shape index (κ2) is 4.14. The van der Waals surface area contributed by atoms with Gasteiger partial charge in [-0.25, -0.2) is 4.79 Å². The smallest absolute Gasteiger partial charge is 0.337 e. The summed E-state index contributed by atoms with van der Waals surface area (Å²) in [7, 11) is 0. The summed E-state index contributed by atoms with van der Waals surface area (Å²) in [4.78, 5) is 11.2. The lowest BCUT2D eigenvalue weighted by atomic mass is 10.2. The minimum absolute atomic E-state index is 0.255. The Labute approximate surface area is 72.4 Å². The van der Waals surface area contributed by atoms with Crippen LogP contribution in [0.4, 0.5) is 0 Å². The van der Waals surface area contributed by atoms with Crippen LogP contribution in [0.3, 0.4) is 0 Å². The zero-order valence-corrected chi connectivity index (χ0v) is 7.55. The van der Waals surface area contributed by atoms with E-state index in [0.29, 0.717) is 12.2 Å². The van der Waals surface area contributed by atoms with Crippen LogP contribution in [-0.4, -0.2) is 19.2 Å². The van der Waals surface area contributed by atoms with Crippen molar-refractivity contribution in [2.24, 2.45) is 0 Å². The summed E-state index contributed by atoms with van der Waals surface area (Å²) in [5, 5.41) is 0. The maximum Gasteiger partial charge on any atom is 0.337 e. The molecule has 0 unspecified atom stereocenters. The monoisotopic (exact) mass is 170 g/mol. The average molecular weight is 170 g/mol. The molecule has 1 saturated heterocycles. The fourth-order valence-electron chi connectivity index (χ4n) is 1.15. The van der Waals surface area contributed by atoms with Gasteiger partial charge < -0.3 is 9.47 Å². The van der Waals surface area contributed by atoms with Crippen LogP contribution < -0.4 is 0 Å². The Morgan fingerprint density at radius 3 is 2.92 bits per heavy atom. The van der Waals surface area contributed by atoms with E-state index in [2.05, 4.69) is 0 Å². The van der Waals surface area contributed by atoms with Crippen molar-refractivity contribution < 1.29 is 14.3 Å². The molecular weight excluding hydrogens is 156 g/mol. The molecule has 0 aromatic heterocycles. The molecular formula is C9H14O3. The maximum absolute atomic E-state index is 11.2. The molecule has 1 heterocycles. The Morgan fingerprint density at radius 1 is 1.67 bits per heavy atom. The van der Waals surface area contributed by atoms with Crippen molar-refractivity contribution >= 4 is 5.97 Å². The Bertz CT molecular complexity index is 198. The van der Waals surface area contributed by atoms with Crippen LogP contribution in [0.2, 0.25) is 0 Å². The highest BCUT2D eigenvalue weighted by Crippen LogP contribution is 2.20. The molecule has 0 bridgehead atoms. The molecule has 0 radical (unpaired) electrons. The second-order valence-electron chi connectivity index (χ2n) is 2.72. The normalized spacial score (nSPS) is 20.2. The van der Waals surface area contributed by atoms with Crippen LogP contribution in [0.15, 0.2) is 11.3 Å². The zero-order chi connectivity index (χ0) is 8.97. The molecule has 1 fully saturated rings. The third kappa shape index (κ3) is 2.00. The first-order chi connectivity index (χ1) is 5.75. The molecule has 0 N–H and O–H groups in total. The topological polar surface area (TPSA) is 35.5 Å².